The summed E-state index contributed by atoms with van der Waals surface area (Å²) in [5, 5.41) is 0. The molecule has 0 amide bonds. The lowest BCUT2D eigenvalue weighted by atomic mass is 10.0. The van der Waals surface area contributed by atoms with Gasteiger partial charge in [-0.3, -0.25) is 0 Å². The fraction of sp³-hybridized carbons (Fsp3) is 0.0714. The van der Waals surface area contributed by atoms with Gasteiger partial charge < -0.3 is 0 Å². The molecule has 18 heavy (non-hydrogen) atoms. The van der Waals surface area contributed by atoms with Crippen molar-refractivity contribution in [2.75, 3.05) is 0 Å². The van der Waals surface area contributed by atoms with E-state index in [1.807, 2.05) is 43.3 Å². The largest absolute Gasteiger partial charge is 0.283 e. The maximum absolute atomic E-state index is 12.0. The normalized spacial score (nSPS) is 16.2. The van der Waals surface area contributed by atoms with Crippen molar-refractivity contribution in [2.24, 2.45) is 4.40 Å². The molecule has 2 aromatic carbocycles. The summed E-state index contributed by atoms with van der Waals surface area (Å²) in [6.45, 7) is 1.94. The molecular formula is C14H11NO2S. The van der Waals surface area contributed by atoms with Crippen molar-refractivity contribution in [3.63, 3.8) is 0 Å². The molecule has 0 aromatic heterocycles. The number of benzene rings is 2. The van der Waals surface area contributed by atoms with Gasteiger partial charge in [-0.25, -0.2) is 0 Å². The molecule has 0 aliphatic carbocycles. The van der Waals surface area contributed by atoms with Crippen LogP contribution in [0.4, 0.5) is 0 Å². The molecular weight excluding hydrogens is 246 g/mol. The van der Waals surface area contributed by atoms with Gasteiger partial charge in [0.05, 0.1) is 10.6 Å². The number of nitrogens with zero attached hydrogens (tertiary/aromatic N) is 1. The van der Waals surface area contributed by atoms with E-state index in [9.17, 15) is 8.42 Å². The lowest BCUT2D eigenvalue weighted by Crippen LogP contribution is -2.00. The number of hydrogen-bond donors (Lipinski definition) is 0. The molecule has 4 heteroatoms. The van der Waals surface area contributed by atoms with Crippen LogP contribution in [0.2, 0.25) is 0 Å². The van der Waals surface area contributed by atoms with Gasteiger partial charge >= 0.3 is 0 Å². The van der Waals surface area contributed by atoms with Gasteiger partial charge in [-0.15, -0.1) is 0 Å². The molecule has 3 nitrogen and oxygen atoms in total. The highest BCUT2D eigenvalue weighted by Gasteiger charge is 2.29. The zero-order valence-electron chi connectivity index (χ0n) is 9.79. The first-order valence-corrected chi connectivity index (χ1v) is 7.03. The summed E-state index contributed by atoms with van der Waals surface area (Å²) in [5.41, 5.74) is 3.08. The van der Waals surface area contributed by atoms with Gasteiger partial charge in [0.15, 0.2) is 0 Å². The van der Waals surface area contributed by atoms with E-state index in [1.165, 1.54) is 0 Å². The monoisotopic (exact) mass is 257 g/mol. The fourth-order valence-corrected chi connectivity index (χ4v) is 3.29. The van der Waals surface area contributed by atoms with E-state index in [2.05, 4.69) is 4.40 Å². The lowest BCUT2D eigenvalue weighted by Gasteiger charge is -2.03. The van der Waals surface area contributed by atoms with Crippen molar-refractivity contribution in [1.29, 1.82) is 0 Å². The number of aryl methyl sites for hydroxylation is 1. The average molecular weight is 257 g/mol. The summed E-state index contributed by atoms with van der Waals surface area (Å²) >= 11 is 0. The molecule has 0 saturated carbocycles. The standard InChI is InChI=1S/C14H11NO2S/c1-10-7-8-13-12(9-10)14(15-18(13,16)17)11-5-3-2-4-6-11/h2-9H,1H3. The third-order valence-corrected chi connectivity index (χ3v) is 4.26. The molecule has 90 valence electrons. The zero-order chi connectivity index (χ0) is 12.8. The number of sulfonamides is 1. The van der Waals surface area contributed by atoms with E-state index in [0.717, 1.165) is 11.1 Å². The molecule has 1 aliphatic rings. The highest BCUT2D eigenvalue weighted by Crippen LogP contribution is 2.29. The molecule has 1 aliphatic heterocycles. The van der Waals surface area contributed by atoms with E-state index >= 15 is 0 Å². The topological polar surface area (TPSA) is 46.5 Å². The maximum Gasteiger partial charge on any atom is 0.283 e. The van der Waals surface area contributed by atoms with Crippen molar-refractivity contribution in [2.45, 2.75) is 11.8 Å². The Hall–Kier alpha value is -1.94. The van der Waals surface area contributed by atoms with Crippen molar-refractivity contribution < 1.29 is 8.42 Å². The summed E-state index contributed by atoms with van der Waals surface area (Å²) in [7, 11) is -3.53. The molecule has 0 atom stereocenters. The Morgan fingerprint density at radius 3 is 2.44 bits per heavy atom. The SMILES string of the molecule is Cc1ccc2c(c1)C(c1ccccc1)=NS2(=O)=O. The second-order valence-corrected chi connectivity index (χ2v) is 5.85. The second-order valence-electron chi connectivity index (χ2n) is 4.28. The van der Waals surface area contributed by atoms with Gasteiger partial charge in [-0.1, -0.05) is 42.0 Å². The van der Waals surface area contributed by atoms with E-state index in [1.54, 1.807) is 12.1 Å². The van der Waals surface area contributed by atoms with Crippen LogP contribution >= 0.6 is 0 Å². The van der Waals surface area contributed by atoms with Crippen LogP contribution in [0.5, 0.6) is 0 Å². The minimum Gasteiger partial charge on any atom is -0.199 e. The van der Waals surface area contributed by atoms with E-state index < -0.39 is 10.0 Å². The third-order valence-electron chi connectivity index (χ3n) is 2.93. The van der Waals surface area contributed by atoms with Crippen molar-refractivity contribution >= 4 is 15.7 Å². The van der Waals surface area contributed by atoms with E-state index in [-0.39, 0.29) is 0 Å². The molecule has 0 spiro atoms. The Morgan fingerprint density at radius 1 is 1.00 bits per heavy atom. The van der Waals surface area contributed by atoms with Crippen LogP contribution in [0.3, 0.4) is 0 Å². The Kier molecular flexibility index (Phi) is 2.35. The summed E-state index contributed by atoms with van der Waals surface area (Å²) in [6.07, 6.45) is 0. The number of hydrogen-bond acceptors (Lipinski definition) is 2. The molecule has 1 heterocycles. The molecule has 0 bridgehead atoms. The first kappa shape index (κ1) is 11.2. The zero-order valence-corrected chi connectivity index (χ0v) is 10.6. The smallest absolute Gasteiger partial charge is 0.199 e. The van der Waals surface area contributed by atoms with Gasteiger partial charge in [-0.05, 0) is 19.1 Å². The van der Waals surface area contributed by atoms with Crippen molar-refractivity contribution in [1.82, 2.24) is 0 Å². The first-order valence-electron chi connectivity index (χ1n) is 5.59. The minimum absolute atomic E-state index is 0.298. The van der Waals surface area contributed by atoms with E-state index in [0.29, 0.717) is 16.2 Å². The molecule has 3 rings (SSSR count). The van der Waals surface area contributed by atoms with Gasteiger partial charge in [0, 0.05) is 11.1 Å². The number of fused-ring (bicyclic) bond motifs is 1. The average Bonchev–Trinajstić information content (AvgIpc) is 2.62. The lowest BCUT2D eigenvalue weighted by molar-refractivity contribution is 0.599. The van der Waals surface area contributed by atoms with Crippen LogP contribution in [-0.4, -0.2) is 14.1 Å². The minimum atomic E-state index is -3.53. The predicted octanol–water partition coefficient (Wildman–Crippen LogP) is 2.53. The van der Waals surface area contributed by atoms with Gasteiger partial charge in [0.2, 0.25) is 0 Å². The second kappa shape index (κ2) is 3.78. The predicted molar refractivity (Wildman–Crippen MR) is 70.4 cm³/mol. The molecule has 0 N–H and O–H groups in total. The van der Waals surface area contributed by atoms with Crippen LogP contribution in [0, 0.1) is 6.92 Å². The Bertz CT molecular complexity index is 747. The van der Waals surface area contributed by atoms with Gasteiger partial charge in [-0.2, -0.15) is 12.8 Å². The highest BCUT2D eigenvalue weighted by atomic mass is 32.2. The van der Waals surface area contributed by atoms with Crippen LogP contribution in [0.1, 0.15) is 16.7 Å². The molecule has 0 fully saturated rings. The van der Waals surface area contributed by atoms with Crippen LogP contribution < -0.4 is 0 Å². The molecule has 0 saturated heterocycles. The molecule has 0 unspecified atom stereocenters. The van der Waals surface area contributed by atoms with E-state index in [4.69, 9.17) is 0 Å². The summed E-state index contributed by atoms with van der Waals surface area (Å²) < 4.78 is 27.8. The van der Waals surface area contributed by atoms with Gasteiger partial charge in [0.25, 0.3) is 10.0 Å². The quantitative estimate of drug-likeness (QED) is 0.788. The number of rotatable bonds is 1. The summed E-state index contributed by atoms with van der Waals surface area (Å²) in [5.74, 6) is 0. The Labute approximate surface area is 106 Å². The van der Waals surface area contributed by atoms with Crippen molar-refractivity contribution in [3.05, 3.63) is 65.2 Å². The molecule has 2 aromatic rings. The van der Waals surface area contributed by atoms with Crippen LogP contribution in [-0.2, 0) is 10.0 Å². The first-order chi connectivity index (χ1) is 8.58. The van der Waals surface area contributed by atoms with Crippen LogP contribution in [0.15, 0.2) is 57.8 Å². The van der Waals surface area contributed by atoms with Gasteiger partial charge in [0.1, 0.15) is 0 Å². The third kappa shape index (κ3) is 1.66. The Balaban J connectivity index is 2.29. The summed E-state index contributed by atoms with van der Waals surface area (Å²) in [6, 6.07) is 14.7. The summed E-state index contributed by atoms with van der Waals surface area (Å²) in [4.78, 5) is 0.298. The highest BCUT2D eigenvalue weighted by molar-refractivity contribution is 7.90. The maximum atomic E-state index is 12.0. The van der Waals surface area contributed by atoms with Crippen molar-refractivity contribution in [3.8, 4) is 0 Å². The Morgan fingerprint density at radius 2 is 1.72 bits per heavy atom. The fourth-order valence-electron chi connectivity index (χ4n) is 2.08. The van der Waals surface area contributed by atoms with Crippen LogP contribution in [0.25, 0.3) is 0 Å². The molecule has 0 radical (unpaired) electrons.